The molecule has 0 aliphatic heterocycles. The Hall–Kier alpha value is -3.84. The maximum atomic E-state index is 12.5. The van der Waals surface area contributed by atoms with Crippen LogP contribution in [0.4, 0.5) is 0 Å². The maximum Gasteiger partial charge on any atom is 0.347 e. The minimum Gasteiger partial charge on any atom is -0.461 e. The molecule has 0 amide bonds. The first-order valence-corrected chi connectivity index (χ1v) is 8.16. The summed E-state index contributed by atoms with van der Waals surface area (Å²) in [6.45, 7) is 2.49. The van der Waals surface area contributed by atoms with Gasteiger partial charge in [0.05, 0.1) is 6.54 Å². The average Bonchev–Trinajstić information content (AvgIpc) is 2.65. The SMILES string of the molecule is CC(=O)OCc1ccc(OC(=O)c2ccccc2OC(C)=O)cc1CN=[N+]=[N-]. The van der Waals surface area contributed by atoms with Crippen LogP contribution < -0.4 is 9.47 Å². The van der Waals surface area contributed by atoms with Gasteiger partial charge in [0, 0.05) is 18.8 Å². The van der Waals surface area contributed by atoms with Gasteiger partial charge in [-0.2, -0.15) is 0 Å². The third kappa shape index (κ3) is 5.86. The summed E-state index contributed by atoms with van der Waals surface area (Å²) in [5.41, 5.74) is 9.78. The summed E-state index contributed by atoms with van der Waals surface area (Å²) >= 11 is 0. The van der Waals surface area contributed by atoms with Gasteiger partial charge in [0.1, 0.15) is 23.7 Å². The lowest BCUT2D eigenvalue weighted by atomic mass is 10.1. The van der Waals surface area contributed by atoms with E-state index in [1.807, 2.05) is 0 Å². The molecule has 0 N–H and O–H groups in total. The Kier molecular flexibility index (Phi) is 7.13. The van der Waals surface area contributed by atoms with E-state index in [1.165, 1.54) is 38.1 Å². The molecule has 28 heavy (non-hydrogen) atoms. The molecular formula is C19H17N3O6. The minimum atomic E-state index is -0.723. The highest BCUT2D eigenvalue weighted by Gasteiger charge is 2.16. The molecular weight excluding hydrogens is 366 g/mol. The van der Waals surface area contributed by atoms with Crippen molar-refractivity contribution in [1.29, 1.82) is 0 Å². The van der Waals surface area contributed by atoms with Crippen LogP contribution in [-0.2, 0) is 27.5 Å². The zero-order chi connectivity index (χ0) is 20.5. The van der Waals surface area contributed by atoms with Crippen molar-refractivity contribution in [2.75, 3.05) is 0 Å². The second kappa shape index (κ2) is 9.75. The lowest BCUT2D eigenvalue weighted by Crippen LogP contribution is -2.13. The fourth-order valence-electron chi connectivity index (χ4n) is 2.28. The first-order valence-electron chi connectivity index (χ1n) is 8.16. The monoisotopic (exact) mass is 383 g/mol. The van der Waals surface area contributed by atoms with E-state index in [1.54, 1.807) is 18.2 Å². The molecule has 0 fully saturated rings. The van der Waals surface area contributed by atoms with Crippen molar-refractivity contribution >= 4 is 17.9 Å². The molecule has 144 valence electrons. The van der Waals surface area contributed by atoms with Crippen molar-refractivity contribution < 1.29 is 28.6 Å². The molecule has 0 spiro atoms. The molecule has 0 aromatic heterocycles. The molecule has 0 heterocycles. The van der Waals surface area contributed by atoms with Crippen molar-refractivity contribution in [3.05, 3.63) is 69.6 Å². The standard InChI is InChI=1S/C19H17N3O6/c1-12(23)26-11-14-7-8-16(9-15(14)10-21-22-20)28-19(25)17-5-3-4-6-18(17)27-13(2)24/h3-9H,10-11H2,1-2H3. The van der Waals surface area contributed by atoms with Crippen LogP contribution in [0.25, 0.3) is 10.4 Å². The third-order valence-electron chi connectivity index (χ3n) is 3.48. The van der Waals surface area contributed by atoms with Crippen LogP contribution in [-0.4, -0.2) is 17.9 Å². The number of carbonyl (C=O) groups is 3. The van der Waals surface area contributed by atoms with Gasteiger partial charge in [-0.1, -0.05) is 23.3 Å². The predicted octanol–water partition coefficient (Wildman–Crippen LogP) is 3.70. The van der Waals surface area contributed by atoms with Crippen LogP contribution in [0.1, 0.15) is 35.3 Å². The van der Waals surface area contributed by atoms with Crippen LogP contribution in [0.3, 0.4) is 0 Å². The fraction of sp³-hybridized carbons (Fsp3) is 0.211. The van der Waals surface area contributed by atoms with E-state index >= 15 is 0 Å². The maximum absolute atomic E-state index is 12.5. The molecule has 9 nitrogen and oxygen atoms in total. The predicted molar refractivity (Wildman–Crippen MR) is 97.5 cm³/mol. The van der Waals surface area contributed by atoms with Crippen molar-refractivity contribution in [1.82, 2.24) is 0 Å². The van der Waals surface area contributed by atoms with Gasteiger partial charge in [-0.3, -0.25) is 9.59 Å². The van der Waals surface area contributed by atoms with Crippen LogP contribution in [0.5, 0.6) is 11.5 Å². The molecule has 0 aliphatic rings. The number of hydrogen-bond acceptors (Lipinski definition) is 7. The van der Waals surface area contributed by atoms with Gasteiger partial charge in [0.25, 0.3) is 0 Å². The number of benzene rings is 2. The molecule has 2 rings (SSSR count). The Morgan fingerprint density at radius 1 is 1.00 bits per heavy atom. The number of hydrogen-bond donors (Lipinski definition) is 0. The largest absolute Gasteiger partial charge is 0.461 e. The number of rotatable bonds is 7. The van der Waals surface area contributed by atoms with Gasteiger partial charge in [-0.05, 0) is 40.9 Å². The Balaban J connectivity index is 2.25. The van der Waals surface area contributed by atoms with Crippen LogP contribution in [0.2, 0.25) is 0 Å². The van der Waals surface area contributed by atoms with E-state index in [0.717, 1.165) is 0 Å². The quantitative estimate of drug-likeness (QED) is 0.236. The van der Waals surface area contributed by atoms with E-state index in [4.69, 9.17) is 19.7 Å². The number of carbonyl (C=O) groups excluding carboxylic acids is 3. The van der Waals surface area contributed by atoms with E-state index in [0.29, 0.717) is 11.1 Å². The smallest absolute Gasteiger partial charge is 0.347 e. The van der Waals surface area contributed by atoms with Crippen LogP contribution in [0, 0.1) is 0 Å². The number of nitrogens with zero attached hydrogens (tertiary/aromatic N) is 3. The molecule has 0 saturated heterocycles. The molecule has 0 saturated carbocycles. The second-order valence-corrected chi connectivity index (χ2v) is 5.58. The summed E-state index contributed by atoms with van der Waals surface area (Å²) in [5, 5.41) is 3.50. The summed E-state index contributed by atoms with van der Waals surface area (Å²) in [5.74, 6) is -1.46. The Labute approximate surface area is 160 Å². The number of para-hydroxylation sites is 1. The highest BCUT2D eigenvalue weighted by Crippen LogP contribution is 2.24. The van der Waals surface area contributed by atoms with Gasteiger partial charge in [-0.15, -0.1) is 0 Å². The van der Waals surface area contributed by atoms with Gasteiger partial charge >= 0.3 is 17.9 Å². The van der Waals surface area contributed by atoms with Crippen molar-refractivity contribution in [2.45, 2.75) is 27.0 Å². The van der Waals surface area contributed by atoms with E-state index in [2.05, 4.69) is 10.0 Å². The topological polar surface area (TPSA) is 128 Å². The lowest BCUT2D eigenvalue weighted by Gasteiger charge is -2.12. The highest BCUT2D eigenvalue weighted by molar-refractivity contribution is 5.94. The molecule has 0 atom stereocenters. The zero-order valence-electron chi connectivity index (χ0n) is 15.2. The van der Waals surface area contributed by atoms with Crippen molar-refractivity contribution in [2.24, 2.45) is 5.11 Å². The average molecular weight is 383 g/mol. The Morgan fingerprint density at radius 2 is 1.75 bits per heavy atom. The number of azide groups is 1. The second-order valence-electron chi connectivity index (χ2n) is 5.58. The van der Waals surface area contributed by atoms with Gasteiger partial charge < -0.3 is 14.2 Å². The van der Waals surface area contributed by atoms with Gasteiger partial charge in [0.2, 0.25) is 0 Å². The van der Waals surface area contributed by atoms with E-state index in [-0.39, 0.29) is 30.2 Å². The Bertz CT molecular complexity index is 950. The highest BCUT2D eigenvalue weighted by atomic mass is 16.6. The first kappa shape index (κ1) is 20.5. The molecule has 2 aromatic carbocycles. The van der Waals surface area contributed by atoms with E-state index < -0.39 is 17.9 Å². The molecule has 2 aromatic rings. The minimum absolute atomic E-state index is 0.00483. The summed E-state index contributed by atoms with van der Waals surface area (Å²) in [6, 6.07) is 10.8. The van der Waals surface area contributed by atoms with Gasteiger partial charge in [-0.25, -0.2) is 4.79 Å². The summed E-state index contributed by atoms with van der Waals surface area (Å²) < 4.78 is 15.3. The Morgan fingerprint density at radius 3 is 2.43 bits per heavy atom. The molecule has 0 radical (unpaired) electrons. The van der Waals surface area contributed by atoms with Crippen LogP contribution in [0.15, 0.2) is 47.6 Å². The normalized spacial score (nSPS) is 9.79. The fourth-order valence-corrected chi connectivity index (χ4v) is 2.28. The third-order valence-corrected chi connectivity index (χ3v) is 3.48. The lowest BCUT2D eigenvalue weighted by molar-refractivity contribution is -0.142. The van der Waals surface area contributed by atoms with Crippen molar-refractivity contribution in [3.63, 3.8) is 0 Å². The van der Waals surface area contributed by atoms with Crippen LogP contribution >= 0.6 is 0 Å². The number of esters is 3. The summed E-state index contributed by atoms with van der Waals surface area (Å²) in [7, 11) is 0. The number of ether oxygens (including phenoxy) is 3. The first-order chi connectivity index (χ1) is 13.4. The van der Waals surface area contributed by atoms with E-state index in [9.17, 15) is 14.4 Å². The summed E-state index contributed by atoms with van der Waals surface area (Å²) in [4.78, 5) is 37.4. The summed E-state index contributed by atoms with van der Waals surface area (Å²) in [6.07, 6.45) is 0. The molecule has 0 bridgehead atoms. The van der Waals surface area contributed by atoms with Gasteiger partial charge in [0.15, 0.2) is 0 Å². The zero-order valence-corrected chi connectivity index (χ0v) is 15.2. The molecule has 0 aliphatic carbocycles. The molecule has 9 heteroatoms. The van der Waals surface area contributed by atoms with Crippen molar-refractivity contribution in [3.8, 4) is 11.5 Å². The molecule has 0 unspecified atom stereocenters.